The fourth-order valence-electron chi connectivity index (χ4n) is 3.96. The van der Waals surface area contributed by atoms with E-state index in [2.05, 4.69) is 27.1 Å². The molecule has 38 heavy (non-hydrogen) atoms. The van der Waals surface area contributed by atoms with Crippen molar-refractivity contribution in [2.45, 2.75) is 50.5 Å². The first-order chi connectivity index (χ1) is 18.5. The van der Waals surface area contributed by atoms with E-state index in [1.54, 1.807) is 10.8 Å². The van der Waals surface area contributed by atoms with E-state index in [1.165, 1.54) is 6.33 Å². The Morgan fingerprint density at radius 3 is 2.76 bits per heavy atom. The molecule has 3 atom stereocenters. The van der Waals surface area contributed by atoms with Crippen LogP contribution in [0.25, 0.3) is 11.0 Å². The van der Waals surface area contributed by atoms with Crippen LogP contribution in [0.4, 0.5) is 10.6 Å². The number of hydrogen-bond donors (Lipinski definition) is 4. The van der Waals surface area contributed by atoms with Gasteiger partial charge in [-0.05, 0) is 12.8 Å². The van der Waals surface area contributed by atoms with Crippen LogP contribution in [0.2, 0.25) is 0 Å². The second-order valence-corrected chi connectivity index (χ2v) is 9.03. The Bertz CT molecular complexity index is 1070. The summed E-state index contributed by atoms with van der Waals surface area (Å²) in [6.45, 7) is 1.88. The summed E-state index contributed by atoms with van der Waals surface area (Å²) in [4.78, 5) is 20.2. The van der Waals surface area contributed by atoms with Gasteiger partial charge in [-0.3, -0.25) is 0 Å². The highest BCUT2D eigenvalue weighted by atomic mass is 35.5. The Morgan fingerprint density at radius 1 is 1.21 bits per heavy atom. The van der Waals surface area contributed by atoms with Crippen LogP contribution in [0.5, 0.6) is 0 Å². The summed E-state index contributed by atoms with van der Waals surface area (Å²) in [5.41, 5.74) is 7.07. The fourth-order valence-corrected chi connectivity index (χ4v) is 4.15. The highest BCUT2D eigenvalue weighted by molar-refractivity contribution is 6.17. The molecule has 2 aromatic heterocycles. The van der Waals surface area contributed by atoms with E-state index in [4.69, 9.17) is 36.3 Å². The molecule has 1 amide bonds. The number of carbonyl (C=O) groups is 1. The van der Waals surface area contributed by atoms with Crippen molar-refractivity contribution < 1.29 is 34.0 Å². The Balaban J connectivity index is 1.37. The van der Waals surface area contributed by atoms with Gasteiger partial charge in [-0.1, -0.05) is 24.7 Å². The molecule has 0 spiro atoms. The summed E-state index contributed by atoms with van der Waals surface area (Å²) < 4.78 is 23.4. The van der Waals surface area contributed by atoms with E-state index < -0.39 is 24.5 Å². The number of fused-ring (bicyclic) bond motifs is 1. The lowest BCUT2D eigenvalue weighted by molar-refractivity contribution is -0.0430. The van der Waals surface area contributed by atoms with Crippen LogP contribution in [0.15, 0.2) is 12.5 Å². The number of alkyl halides is 1. The van der Waals surface area contributed by atoms with Gasteiger partial charge in [0, 0.05) is 31.6 Å². The van der Waals surface area contributed by atoms with Crippen molar-refractivity contribution >= 4 is 34.5 Å². The number of nitrogens with one attached hydrogen (secondary N) is 1. The number of amides is 1. The summed E-state index contributed by atoms with van der Waals surface area (Å²) in [7, 11) is 0. The van der Waals surface area contributed by atoms with Crippen LogP contribution in [0.3, 0.4) is 0 Å². The van der Waals surface area contributed by atoms with Gasteiger partial charge < -0.3 is 44.8 Å². The largest absolute Gasteiger partial charge is 0.436 e. The number of unbranched alkanes of at least 4 members (excludes halogenated alkanes) is 3. The number of nitrogen functional groups attached to an aromatic ring is 1. The van der Waals surface area contributed by atoms with Crippen molar-refractivity contribution in [1.29, 1.82) is 0 Å². The standard InChI is InChI=1S/C25H36ClN5O7/c26-7-3-1-2-4-9-35-12-13-36-11-8-28-25(34)37-10-5-6-18-15-31(21-14-19(33)20(16-32)38-21)24-22(18)23(27)29-17-30-24/h15,17,19-21,32-33H,1-4,7-14,16H2,(H,28,34)(H2,27,29,30)/t19-,20+,21+/m0/s1. The highest BCUT2D eigenvalue weighted by Crippen LogP contribution is 2.33. The molecule has 1 aliphatic rings. The van der Waals surface area contributed by atoms with Crippen LogP contribution >= 0.6 is 11.6 Å². The van der Waals surface area contributed by atoms with E-state index in [9.17, 15) is 15.0 Å². The number of alkyl carbamates (subject to hydrolysis) is 1. The van der Waals surface area contributed by atoms with Gasteiger partial charge in [0.05, 0.1) is 43.5 Å². The normalized spacial score (nSPS) is 18.9. The van der Waals surface area contributed by atoms with E-state index >= 15 is 0 Å². The van der Waals surface area contributed by atoms with E-state index in [0.717, 1.165) is 25.7 Å². The molecule has 5 N–H and O–H groups in total. The Hall–Kier alpha value is -2.66. The van der Waals surface area contributed by atoms with Gasteiger partial charge in [0.15, 0.2) is 6.61 Å². The van der Waals surface area contributed by atoms with Crippen molar-refractivity contribution in [3.63, 3.8) is 0 Å². The molecule has 0 unspecified atom stereocenters. The zero-order valence-electron chi connectivity index (χ0n) is 21.3. The number of aromatic nitrogens is 3. The second kappa shape index (κ2) is 16.3. The lowest BCUT2D eigenvalue weighted by Crippen LogP contribution is -2.28. The molecule has 0 saturated carbocycles. The smallest absolute Gasteiger partial charge is 0.408 e. The number of ether oxygens (including phenoxy) is 4. The summed E-state index contributed by atoms with van der Waals surface area (Å²) >= 11 is 5.64. The van der Waals surface area contributed by atoms with Crippen molar-refractivity contribution in [2.24, 2.45) is 0 Å². The van der Waals surface area contributed by atoms with Crippen LogP contribution in [0, 0.1) is 11.8 Å². The molecule has 12 nitrogen and oxygen atoms in total. The Kier molecular flexibility index (Phi) is 12.8. The first-order valence-corrected chi connectivity index (χ1v) is 13.2. The second-order valence-electron chi connectivity index (χ2n) is 8.65. The summed E-state index contributed by atoms with van der Waals surface area (Å²) in [5.74, 6) is 6.66. The minimum atomic E-state index is -0.803. The predicted molar refractivity (Wildman–Crippen MR) is 141 cm³/mol. The molecule has 13 heteroatoms. The monoisotopic (exact) mass is 553 g/mol. The maximum atomic E-state index is 11.9. The van der Waals surface area contributed by atoms with Gasteiger partial charge in [0.25, 0.3) is 0 Å². The van der Waals surface area contributed by atoms with Gasteiger partial charge in [-0.25, -0.2) is 14.8 Å². The molecule has 3 heterocycles. The number of carbonyl (C=O) groups excluding carboxylic acids is 1. The zero-order valence-corrected chi connectivity index (χ0v) is 22.1. The molecular formula is C25H36ClN5O7. The molecule has 0 aliphatic carbocycles. The van der Waals surface area contributed by atoms with E-state index in [-0.39, 0.29) is 25.5 Å². The first-order valence-electron chi connectivity index (χ1n) is 12.7. The number of aliphatic hydroxyl groups excluding tert-OH is 2. The van der Waals surface area contributed by atoms with Crippen LogP contribution in [0.1, 0.15) is 43.9 Å². The predicted octanol–water partition coefficient (Wildman–Crippen LogP) is 1.56. The third kappa shape index (κ3) is 8.97. The number of nitrogens with two attached hydrogens (primary N) is 1. The summed E-state index contributed by atoms with van der Waals surface area (Å²) in [6, 6.07) is 0. The number of nitrogens with zero attached hydrogens (tertiary/aromatic N) is 3. The third-order valence-corrected chi connectivity index (χ3v) is 6.16. The van der Waals surface area contributed by atoms with Crippen LogP contribution in [-0.2, 0) is 18.9 Å². The average molecular weight is 554 g/mol. The maximum Gasteiger partial charge on any atom is 0.408 e. The molecule has 1 aliphatic heterocycles. The quantitative estimate of drug-likeness (QED) is 0.144. The SMILES string of the molecule is Nc1ncnc2c1c(C#CCOC(=O)NCCOCCOCCCCCCCl)cn2[C@H]1C[C@H](O)[C@@H](CO)O1. The first kappa shape index (κ1) is 29.9. The van der Waals surface area contributed by atoms with Crippen LogP contribution in [-0.4, -0.2) is 95.1 Å². The van der Waals surface area contributed by atoms with E-state index in [1.807, 2.05) is 0 Å². The topological polar surface area (TPSA) is 163 Å². The summed E-state index contributed by atoms with van der Waals surface area (Å²) in [5, 5.41) is 22.6. The lowest BCUT2D eigenvalue weighted by Gasteiger charge is -2.14. The number of hydrogen-bond acceptors (Lipinski definition) is 10. The molecule has 0 bridgehead atoms. The number of aliphatic hydroxyl groups is 2. The van der Waals surface area contributed by atoms with Gasteiger partial charge in [0.2, 0.25) is 0 Å². The molecule has 0 radical (unpaired) electrons. The highest BCUT2D eigenvalue weighted by Gasteiger charge is 2.35. The lowest BCUT2D eigenvalue weighted by atomic mass is 10.2. The van der Waals surface area contributed by atoms with E-state index in [0.29, 0.717) is 55.4 Å². The average Bonchev–Trinajstić information content (AvgIpc) is 3.48. The van der Waals surface area contributed by atoms with Gasteiger partial charge in [0.1, 0.15) is 30.1 Å². The maximum absolute atomic E-state index is 11.9. The van der Waals surface area contributed by atoms with Crippen molar-refractivity contribution in [3.05, 3.63) is 18.1 Å². The minimum Gasteiger partial charge on any atom is -0.436 e. The van der Waals surface area contributed by atoms with Gasteiger partial charge >= 0.3 is 6.09 Å². The number of halogens is 1. The molecule has 1 fully saturated rings. The molecule has 3 rings (SSSR count). The summed E-state index contributed by atoms with van der Waals surface area (Å²) in [6.07, 6.45) is 4.96. The Morgan fingerprint density at radius 2 is 2.00 bits per heavy atom. The molecule has 2 aromatic rings. The number of anilines is 1. The molecular weight excluding hydrogens is 518 g/mol. The van der Waals surface area contributed by atoms with Gasteiger partial charge in [-0.2, -0.15) is 0 Å². The third-order valence-electron chi connectivity index (χ3n) is 5.89. The molecule has 210 valence electrons. The number of rotatable bonds is 15. The zero-order chi connectivity index (χ0) is 27.2. The van der Waals surface area contributed by atoms with Gasteiger partial charge in [-0.15, -0.1) is 11.6 Å². The van der Waals surface area contributed by atoms with Crippen molar-refractivity contribution in [1.82, 2.24) is 19.9 Å². The Labute approximate surface area is 226 Å². The molecule has 1 saturated heterocycles. The molecule has 0 aromatic carbocycles. The van der Waals surface area contributed by atoms with Crippen molar-refractivity contribution in [3.8, 4) is 11.8 Å². The van der Waals surface area contributed by atoms with Crippen molar-refractivity contribution in [2.75, 3.05) is 57.8 Å². The fraction of sp³-hybridized carbons (Fsp3) is 0.640. The minimum absolute atomic E-state index is 0.142. The van der Waals surface area contributed by atoms with Crippen LogP contribution < -0.4 is 11.1 Å².